The summed E-state index contributed by atoms with van der Waals surface area (Å²) in [5.74, 6) is 0. The van der Waals surface area contributed by atoms with Crippen molar-refractivity contribution in [3.63, 3.8) is 0 Å². The summed E-state index contributed by atoms with van der Waals surface area (Å²) >= 11 is 0. The molecule has 0 radical (unpaired) electrons. The van der Waals surface area contributed by atoms with Crippen LogP contribution in [0.1, 0.15) is 20.3 Å². The molecule has 0 saturated carbocycles. The SMILES string of the molecule is COC(=O)NS(=O)(=O)N(CCCO)C(C)C. The van der Waals surface area contributed by atoms with Crippen molar-refractivity contribution >= 4 is 16.3 Å². The molecule has 7 nitrogen and oxygen atoms in total. The summed E-state index contributed by atoms with van der Waals surface area (Å²) < 4.78 is 30.4. The Labute approximate surface area is 95.6 Å². The smallest absolute Gasteiger partial charge is 0.421 e. The van der Waals surface area contributed by atoms with Crippen LogP contribution in [0.25, 0.3) is 0 Å². The lowest BCUT2D eigenvalue weighted by Gasteiger charge is -2.25. The number of methoxy groups -OCH3 is 1. The van der Waals surface area contributed by atoms with E-state index in [0.29, 0.717) is 6.42 Å². The van der Waals surface area contributed by atoms with E-state index in [9.17, 15) is 13.2 Å². The summed E-state index contributed by atoms with van der Waals surface area (Å²) in [5, 5.41) is 8.66. The number of hydrogen-bond donors (Lipinski definition) is 2. The molecule has 8 heteroatoms. The highest BCUT2D eigenvalue weighted by Crippen LogP contribution is 2.06. The van der Waals surface area contributed by atoms with Gasteiger partial charge in [-0.25, -0.2) is 9.52 Å². The Morgan fingerprint density at radius 2 is 2.06 bits per heavy atom. The van der Waals surface area contributed by atoms with Crippen molar-refractivity contribution in [2.24, 2.45) is 0 Å². The third kappa shape index (κ3) is 4.77. The Morgan fingerprint density at radius 1 is 1.50 bits per heavy atom. The van der Waals surface area contributed by atoms with E-state index in [1.54, 1.807) is 18.6 Å². The number of ether oxygens (including phenoxy) is 1. The van der Waals surface area contributed by atoms with Gasteiger partial charge in [-0.3, -0.25) is 0 Å². The molecule has 16 heavy (non-hydrogen) atoms. The van der Waals surface area contributed by atoms with Crippen LogP contribution in [0, 0.1) is 0 Å². The van der Waals surface area contributed by atoms with Gasteiger partial charge in [0.2, 0.25) is 0 Å². The van der Waals surface area contributed by atoms with Crippen molar-refractivity contribution in [1.29, 1.82) is 0 Å². The third-order valence-electron chi connectivity index (χ3n) is 1.82. The highest BCUT2D eigenvalue weighted by atomic mass is 32.2. The minimum absolute atomic E-state index is 0.114. The maximum Gasteiger partial charge on any atom is 0.421 e. The van der Waals surface area contributed by atoms with Crippen molar-refractivity contribution in [1.82, 2.24) is 9.03 Å². The zero-order valence-electron chi connectivity index (χ0n) is 9.63. The van der Waals surface area contributed by atoms with Gasteiger partial charge >= 0.3 is 16.3 Å². The molecule has 0 bridgehead atoms. The molecule has 0 rings (SSSR count). The second-order valence-corrected chi connectivity index (χ2v) is 5.00. The van der Waals surface area contributed by atoms with Crippen molar-refractivity contribution in [2.45, 2.75) is 26.3 Å². The Bertz CT molecular complexity index is 314. The van der Waals surface area contributed by atoms with Gasteiger partial charge in [-0.15, -0.1) is 0 Å². The number of carbonyl (C=O) groups excluding carboxylic acids is 1. The van der Waals surface area contributed by atoms with Crippen LogP contribution in [0.3, 0.4) is 0 Å². The van der Waals surface area contributed by atoms with Gasteiger partial charge in [-0.05, 0) is 20.3 Å². The molecular weight excluding hydrogens is 236 g/mol. The quantitative estimate of drug-likeness (QED) is 0.677. The fourth-order valence-electron chi connectivity index (χ4n) is 1.09. The number of aliphatic hydroxyl groups excluding tert-OH is 1. The van der Waals surface area contributed by atoms with Crippen LogP contribution in [0.5, 0.6) is 0 Å². The minimum Gasteiger partial charge on any atom is -0.452 e. The lowest BCUT2D eigenvalue weighted by Crippen LogP contribution is -2.47. The molecule has 0 atom stereocenters. The predicted octanol–water partition coefficient (Wildman–Crippen LogP) is -0.320. The lowest BCUT2D eigenvalue weighted by molar-refractivity contribution is 0.176. The summed E-state index contributed by atoms with van der Waals surface area (Å²) in [4.78, 5) is 10.8. The van der Waals surface area contributed by atoms with Crippen LogP contribution in [-0.2, 0) is 14.9 Å². The standard InChI is InChI=1S/C8H18N2O5S/c1-7(2)10(5-4-6-11)16(13,14)9-8(12)15-3/h7,11H,4-6H2,1-3H3,(H,9,12). The molecular formula is C8H18N2O5S. The predicted molar refractivity (Wildman–Crippen MR) is 58.0 cm³/mol. The summed E-state index contributed by atoms with van der Waals surface area (Å²) in [5.41, 5.74) is 0. The second kappa shape index (κ2) is 6.66. The first-order chi connectivity index (χ1) is 7.35. The Balaban J connectivity index is 4.69. The second-order valence-electron chi connectivity index (χ2n) is 3.38. The molecule has 0 saturated heterocycles. The van der Waals surface area contributed by atoms with E-state index in [0.717, 1.165) is 11.4 Å². The average Bonchev–Trinajstić information content (AvgIpc) is 2.16. The normalized spacial score (nSPS) is 11.9. The van der Waals surface area contributed by atoms with Crippen LogP contribution in [0.2, 0.25) is 0 Å². The highest BCUT2D eigenvalue weighted by molar-refractivity contribution is 7.87. The van der Waals surface area contributed by atoms with E-state index < -0.39 is 16.3 Å². The number of hydrogen-bond acceptors (Lipinski definition) is 5. The van der Waals surface area contributed by atoms with Crippen LogP contribution < -0.4 is 4.72 Å². The monoisotopic (exact) mass is 254 g/mol. The summed E-state index contributed by atoms with van der Waals surface area (Å²) in [6.45, 7) is 3.37. The van der Waals surface area contributed by atoms with E-state index in [4.69, 9.17) is 5.11 Å². The Hall–Kier alpha value is -0.860. The molecule has 2 N–H and O–H groups in total. The van der Waals surface area contributed by atoms with Gasteiger partial charge in [0.1, 0.15) is 0 Å². The van der Waals surface area contributed by atoms with E-state index in [1.807, 2.05) is 0 Å². The molecule has 0 aliphatic rings. The van der Waals surface area contributed by atoms with E-state index in [-0.39, 0.29) is 19.2 Å². The molecule has 1 amide bonds. The van der Waals surface area contributed by atoms with Gasteiger partial charge in [-0.2, -0.15) is 12.7 Å². The molecule has 0 unspecified atom stereocenters. The van der Waals surface area contributed by atoms with Gasteiger partial charge in [0, 0.05) is 19.2 Å². The summed E-state index contributed by atoms with van der Waals surface area (Å²) in [6.07, 6.45) is -0.727. The zero-order chi connectivity index (χ0) is 12.8. The molecule has 0 heterocycles. The first kappa shape index (κ1) is 15.1. The lowest BCUT2D eigenvalue weighted by atomic mass is 10.3. The number of amides is 1. The number of carbonyl (C=O) groups is 1. The molecule has 96 valence electrons. The van der Waals surface area contributed by atoms with E-state index >= 15 is 0 Å². The van der Waals surface area contributed by atoms with Crippen molar-refractivity contribution in [2.75, 3.05) is 20.3 Å². The number of nitrogens with one attached hydrogen (secondary N) is 1. The van der Waals surface area contributed by atoms with E-state index in [1.165, 1.54) is 0 Å². The fourth-order valence-corrected chi connectivity index (χ4v) is 2.42. The third-order valence-corrected chi connectivity index (χ3v) is 3.47. The van der Waals surface area contributed by atoms with Gasteiger partial charge in [-0.1, -0.05) is 0 Å². The molecule has 0 aromatic heterocycles. The summed E-state index contributed by atoms with van der Waals surface area (Å²) in [7, 11) is -2.83. The first-order valence-electron chi connectivity index (χ1n) is 4.83. The van der Waals surface area contributed by atoms with Crippen LogP contribution in [0.15, 0.2) is 0 Å². The van der Waals surface area contributed by atoms with Gasteiger partial charge in [0.05, 0.1) is 7.11 Å². The number of nitrogens with zero attached hydrogens (tertiary/aromatic N) is 1. The fraction of sp³-hybridized carbons (Fsp3) is 0.875. The zero-order valence-corrected chi connectivity index (χ0v) is 10.5. The Morgan fingerprint density at radius 3 is 2.44 bits per heavy atom. The van der Waals surface area contributed by atoms with E-state index in [2.05, 4.69) is 4.74 Å². The summed E-state index contributed by atoms with van der Waals surface area (Å²) in [6, 6.07) is -0.311. The minimum atomic E-state index is -3.91. The largest absolute Gasteiger partial charge is 0.452 e. The van der Waals surface area contributed by atoms with Gasteiger partial charge in [0.25, 0.3) is 0 Å². The van der Waals surface area contributed by atoms with Crippen molar-refractivity contribution in [3.05, 3.63) is 0 Å². The maximum absolute atomic E-state index is 11.7. The van der Waals surface area contributed by atoms with Crippen molar-refractivity contribution in [3.8, 4) is 0 Å². The van der Waals surface area contributed by atoms with Gasteiger partial charge < -0.3 is 9.84 Å². The molecule has 0 fully saturated rings. The number of rotatable bonds is 6. The number of aliphatic hydroxyl groups is 1. The van der Waals surface area contributed by atoms with Crippen LogP contribution in [0.4, 0.5) is 4.79 Å². The topological polar surface area (TPSA) is 95.9 Å². The molecule has 0 aliphatic heterocycles. The molecule has 0 aromatic carbocycles. The van der Waals surface area contributed by atoms with Crippen LogP contribution >= 0.6 is 0 Å². The maximum atomic E-state index is 11.7. The van der Waals surface area contributed by atoms with Crippen LogP contribution in [-0.4, -0.2) is 50.2 Å². The first-order valence-corrected chi connectivity index (χ1v) is 6.27. The van der Waals surface area contributed by atoms with Gasteiger partial charge in [0.15, 0.2) is 0 Å². The molecule has 0 aromatic rings. The molecule has 0 spiro atoms. The Kier molecular flexibility index (Phi) is 6.31. The van der Waals surface area contributed by atoms with Crippen molar-refractivity contribution < 1.29 is 23.1 Å². The molecule has 0 aliphatic carbocycles. The average molecular weight is 254 g/mol. The highest BCUT2D eigenvalue weighted by Gasteiger charge is 2.26.